The Bertz CT molecular complexity index is 1050. The summed E-state index contributed by atoms with van der Waals surface area (Å²) in [4.78, 5) is 17.5. The summed E-state index contributed by atoms with van der Waals surface area (Å²) in [5, 5.41) is 0.388. The van der Waals surface area contributed by atoms with Gasteiger partial charge in [-0.3, -0.25) is 4.79 Å². The topological polar surface area (TPSA) is 81.5 Å². The van der Waals surface area contributed by atoms with Crippen LogP contribution in [-0.2, 0) is 19.6 Å². The molecule has 7 nitrogen and oxygen atoms in total. The van der Waals surface area contributed by atoms with Crippen LogP contribution in [0.2, 0.25) is 0 Å². The van der Waals surface area contributed by atoms with E-state index in [1.807, 2.05) is 13.0 Å². The third-order valence-corrected chi connectivity index (χ3v) is 9.32. The summed E-state index contributed by atoms with van der Waals surface area (Å²) in [6, 6.07) is 5.62. The number of thioether (sulfide) groups is 1. The minimum absolute atomic E-state index is 0.231. The van der Waals surface area contributed by atoms with Gasteiger partial charge < -0.3 is 9.30 Å². The summed E-state index contributed by atoms with van der Waals surface area (Å²) in [5.41, 5.74) is 1.61. The molecule has 176 valence electrons. The van der Waals surface area contributed by atoms with Gasteiger partial charge in [-0.05, 0) is 57.2 Å². The van der Waals surface area contributed by atoms with Crippen molar-refractivity contribution in [3.8, 4) is 0 Å². The molecule has 0 spiro atoms. The predicted octanol–water partition coefficient (Wildman–Crippen LogP) is 4.76. The maximum Gasteiger partial charge on any atom is 0.319 e. The van der Waals surface area contributed by atoms with Gasteiger partial charge in [-0.15, -0.1) is 0 Å². The zero-order valence-corrected chi connectivity index (χ0v) is 20.6. The SMILES string of the molecule is CCCCOC(=O)C(C)Sc1nc2cc(S(=O)(=O)N3CCCC3)ccc2n1C1CCCC1. The molecule has 32 heavy (non-hydrogen) atoms. The number of ether oxygens (including phenoxy) is 1. The Balaban J connectivity index is 1.65. The van der Waals surface area contributed by atoms with Crippen LogP contribution in [0, 0.1) is 0 Å². The van der Waals surface area contributed by atoms with E-state index in [0.717, 1.165) is 49.2 Å². The van der Waals surface area contributed by atoms with E-state index in [9.17, 15) is 13.2 Å². The molecule has 9 heteroatoms. The number of esters is 1. The molecule has 1 aromatic carbocycles. The molecule has 2 aliphatic rings. The summed E-state index contributed by atoms with van der Waals surface area (Å²) >= 11 is 1.41. The number of unbranched alkanes of at least 4 members (excludes halogenated alkanes) is 1. The summed E-state index contributed by atoms with van der Waals surface area (Å²) in [5.74, 6) is -0.231. The van der Waals surface area contributed by atoms with Crippen molar-refractivity contribution in [2.24, 2.45) is 0 Å². The first-order valence-electron chi connectivity index (χ1n) is 11.8. The van der Waals surface area contributed by atoms with Crippen LogP contribution in [0.4, 0.5) is 0 Å². The van der Waals surface area contributed by atoms with Crippen LogP contribution in [0.25, 0.3) is 11.0 Å². The Morgan fingerprint density at radius 3 is 2.62 bits per heavy atom. The quantitative estimate of drug-likeness (QED) is 0.293. The smallest absolute Gasteiger partial charge is 0.319 e. The number of carbonyl (C=O) groups is 1. The van der Waals surface area contributed by atoms with Crippen LogP contribution in [0.5, 0.6) is 0 Å². The lowest BCUT2D eigenvalue weighted by atomic mass is 10.2. The number of nitrogens with zero attached hydrogens (tertiary/aromatic N) is 3. The van der Waals surface area contributed by atoms with Gasteiger partial charge in [0.05, 0.1) is 22.5 Å². The summed E-state index contributed by atoms with van der Waals surface area (Å²) < 4.78 is 35.3. The fourth-order valence-corrected chi connectivity index (χ4v) is 7.06. The lowest BCUT2D eigenvalue weighted by molar-refractivity contribution is -0.142. The first kappa shape index (κ1) is 23.6. The molecule has 2 fully saturated rings. The third kappa shape index (κ3) is 4.84. The van der Waals surface area contributed by atoms with E-state index in [1.165, 1.54) is 24.6 Å². The number of benzene rings is 1. The van der Waals surface area contributed by atoms with Gasteiger partial charge >= 0.3 is 5.97 Å². The first-order valence-corrected chi connectivity index (χ1v) is 14.1. The maximum absolute atomic E-state index is 13.0. The van der Waals surface area contributed by atoms with E-state index in [4.69, 9.17) is 9.72 Å². The number of hydrogen-bond acceptors (Lipinski definition) is 6. The standard InChI is InChI=1S/C23H33N3O4S2/c1-3-4-15-30-22(27)17(2)31-23-24-20-16-19(32(28,29)25-13-7-8-14-25)11-12-21(20)26(23)18-9-5-6-10-18/h11-12,16-18H,3-10,13-15H2,1-2H3. The zero-order valence-electron chi connectivity index (χ0n) is 19.0. The van der Waals surface area contributed by atoms with E-state index in [0.29, 0.717) is 36.2 Å². The molecule has 1 atom stereocenters. The molecular formula is C23H33N3O4S2. The van der Waals surface area contributed by atoms with Crippen molar-refractivity contribution >= 4 is 38.8 Å². The lowest BCUT2D eigenvalue weighted by Crippen LogP contribution is -2.27. The van der Waals surface area contributed by atoms with Crippen LogP contribution in [0.3, 0.4) is 0 Å². The van der Waals surface area contributed by atoms with E-state index in [1.54, 1.807) is 16.4 Å². The minimum atomic E-state index is -3.50. The fourth-order valence-electron chi connectivity index (χ4n) is 4.53. The van der Waals surface area contributed by atoms with E-state index < -0.39 is 10.0 Å². The van der Waals surface area contributed by atoms with Gasteiger partial charge in [-0.2, -0.15) is 4.31 Å². The normalized spacial score (nSPS) is 19.1. The molecule has 1 saturated carbocycles. The highest BCUT2D eigenvalue weighted by molar-refractivity contribution is 8.00. The van der Waals surface area contributed by atoms with Crippen molar-refractivity contribution in [2.45, 2.75) is 86.6 Å². The Morgan fingerprint density at radius 2 is 1.94 bits per heavy atom. The highest BCUT2D eigenvalue weighted by Crippen LogP contribution is 2.38. The monoisotopic (exact) mass is 479 g/mol. The minimum Gasteiger partial charge on any atom is -0.465 e. The van der Waals surface area contributed by atoms with E-state index >= 15 is 0 Å². The van der Waals surface area contributed by atoms with Crippen LogP contribution in [0.1, 0.15) is 71.3 Å². The van der Waals surface area contributed by atoms with Crippen molar-refractivity contribution in [2.75, 3.05) is 19.7 Å². The summed E-state index contributed by atoms with van der Waals surface area (Å²) in [7, 11) is -3.50. The molecule has 0 bridgehead atoms. The predicted molar refractivity (Wildman–Crippen MR) is 126 cm³/mol. The highest BCUT2D eigenvalue weighted by atomic mass is 32.2. The number of fused-ring (bicyclic) bond motifs is 1. The number of hydrogen-bond donors (Lipinski definition) is 0. The van der Waals surface area contributed by atoms with Crippen LogP contribution in [-0.4, -0.2) is 53.2 Å². The van der Waals surface area contributed by atoms with Crippen LogP contribution >= 0.6 is 11.8 Å². The van der Waals surface area contributed by atoms with Crippen molar-refractivity contribution < 1.29 is 17.9 Å². The van der Waals surface area contributed by atoms with Crippen LogP contribution < -0.4 is 0 Å². The Kier molecular flexibility index (Phi) is 7.47. The van der Waals surface area contributed by atoms with E-state index in [2.05, 4.69) is 11.5 Å². The molecule has 1 aliphatic carbocycles. The maximum atomic E-state index is 13.0. The molecule has 1 aliphatic heterocycles. The van der Waals surface area contributed by atoms with Gasteiger partial charge in [0, 0.05) is 19.1 Å². The Hall–Kier alpha value is -1.58. The second kappa shape index (κ2) is 10.1. The molecule has 4 rings (SSSR count). The van der Waals surface area contributed by atoms with Gasteiger partial charge in [0.15, 0.2) is 5.16 Å². The highest BCUT2D eigenvalue weighted by Gasteiger charge is 2.30. The molecule has 1 aromatic heterocycles. The molecule has 0 amide bonds. The van der Waals surface area contributed by atoms with Crippen molar-refractivity contribution in [3.05, 3.63) is 18.2 Å². The average Bonchev–Trinajstić information content (AvgIpc) is 3.53. The molecule has 0 N–H and O–H groups in total. The molecule has 1 unspecified atom stereocenters. The second-order valence-corrected chi connectivity index (χ2v) is 12.0. The zero-order chi connectivity index (χ0) is 22.7. The second-order valence-electron chi connectivity index (χ2n) is 8.75. The third-order valence-electron chi connectivity index (χ3n) is 6.38. The summed E-state index contributed by atoms with van der Waals surface area (Å²) in [6.07, 6.45) is 8.14. The van der Waals surface area contributed by atoms with Gasteiger partial charge in [0.1, 0.15) is 5.25 Å². The van der Waals surface area contributed by atoms with Crippen molar-refractivity contribution in [3.63, 3.8) is 0 Å². The lowest BCUT2D eigenvalue weighted by Gasteiger charge is -2.18. The molecule has 1 saturated heterocycles. The van der Waals surface area contributed by atoms with Gasteiger partial charge in [-0.25, -0.2) is 13.4 Å². The van der Waals surface area contributed by atoms with E-state index in [-0.39, 0.29) is 11.2 Å². The Labute approximate surface area is 194 Å². The molecule has 2 aromatic rings. The molecule has 2 heterocycles. The largest absolute Gasteiger partial charge is 0.465 e. The Morgan fingerprint density at radius 1 is 1.22 bits per heavy atom. The molecular weight excluding hydrogens is 446 g/mol. The number of sulfonamides is 1. The fraction of sp³-hybridized carbons (Fsp3) is 0.652. The average molecular weight is 480 g/mol. The van der Waals surface area contributed by atoms with Gasteiger partial charge in [0.2, 0.25) is 10.0 Å². The molecule has 0 radical (unpaired) electrons. The number of imidazole rings is 1. The van der Waals surface area contributed by atoms with Crippen molar-refractivity contribution in [1.29, 1.82) is 0 Å². The number of aromatic nitrogens is 2. The van der Waals surface area contributed by atoms with Crippen molar-refractivity contribution in [1.82, 2.24) is 13.9 Å². The first-order chi connectivity index (χ1) is 15.4. The van der Waals surface area contributed by atoms with Crippen LogP contribution in [0.15, 0.2) is 28.3 Å². The van der Waals surface area contributed by atoms with Gasteiger partial charge in [0.25, 0.3) is 0 Å². The summed E-state index contributed by atoms with van der Waals surface area (Å²) in [6.45, 7) is 5.51. The number of rotatable bonds is 9. The van der Waals surface area contributed by atoms with Gasteiger partial charge in [-0.1, -0.05) is 37.9 Å². The number of carbonyl (C=O) groups excluding carboxylic acids is 1.